The zero-order valence-electron chi connectivity index (χ0n) is 16.0. The summed E-state index contributed by atoms with van der Waals surface area (Å²) < 4.78 is 6.01. The van der Waals surface area contributed by atoms with Crippen LogP contribution in [0.2, 0.25) is 0 Å². The maximum atomic E-state index is 12.3. The number of thiazole rings is 1. The molecule has 0 bridgehead atoms. The van der Waals surface area contributed by atoms with Gasteiger partial charge >= 0.3 is 12.0 Å². The molecule has 0 fully saturated rings. The normalized spacial score (nSPS) is 11.9. The molecule has 1 atom stereocenters. The topological polar surface area (TPSA) is 109 Å². The lowest BCUT2D eigenvalue weighted by molar-refractivity contribution is -0.127. The first-order valence-electron chi connectivity index (χ1n) is 8.86. The van der Waals surface area contributed by atoms with Crippen LogP contribution >= 0.6 is 22.7 Å². The molecular weight excluding hydrogens is 412 g/mol. The molecule has 8 nitrogen and oxygen atoms in total. The molecule has 0 saturated carbocycles. The number of aromatic nitrogens is 1. The monoisotopic (exact) mass is 432 g/mol. The molecule has 3 N–H and O–H groups in total. The Bertz CT molecular complexity index is 998. The lowest BCUT2D eigenvalue weighted by Gasteiger charge is -2.13. The molecule has 3 amide bonds. The summed E-state index contributed by atoms with van der Waals surface area (Å²) in [7, 11) is 0. The fourth-order valence-electron chi connectivity index (χ4n) is 2.32. The molecule has 152 valence electrons. The number of ether oxygens (including phenoxy) is 1. The molecule has 29 heavy (non-hydrogen) atoms. The Hall–Kier alpha value is -2.98. The number of esters is 1. The highest BCUT2D eigenvalue weighted by Crippen LogP contribution is 2.34. The van der Waals surface area contributed by atoms with Crippen molar-refractivity contribution < 1.29 is 19.1 Å². The molecule has 0 spiro atoms. The van der Waals surface area contributed by atoms with Gasteiger partial charge in [0.2, 0.25) is 0 Å². The van der Waals surface area contributed by atoms with E-state index >= 15 is 0 Å². The van der Waals surface area contributed by atoms with Crippen molar-refractivity contribution in [2.24, 2.45) is 0 Å². The first-order valence-corrected chi connectivity index (χ1v) is 10.5. The molecule has 0 aliphatic rings. The van der Waals surface area contributed by atoms with Gasteiger partial charge in [-0.05, 0) is 39.0 Å². The Morgan fingerprint density at radius 3 is 2.45 bits per heavy atom. The van der Waals surface area contributed by atoms with Crippen molar-refractivity contribution in [1.29, 1.82) is 0 Å². The highest BCUT2D eigenvalue weighted by molar-refractivity contribution is 7.29. The quantitative estimate of drug-likeness (QED) is 0.510. The van der Waals surface area contributed by atoms with E-state index in [9.17, 15) is 14.4 Å². The number of rotatable bonds is 6. The number of anilines is 2. The SMILES string of the molecule is CC(C)NC(=O)NC(=O)C(C)OC(=O)c1cc2sc(Nc3ccccc3)nc2s1. The number of imide groups is 1. The third kappa shape index (κ3) is 5.52. The predicted octanol–water partition coefficient (Wildman–Crippen LogP) is 3.88. The van der Waals surface area contributed by atoms with Gasteiger partial charge in [-0.2, -0.15) is 0 Å². The number of amides is 3. The van der Waals surface area contributed by atoms with Gasteiger partial charge < -0.3 is 15.4 Å². The minimum absolute atomic E-state index is 0.117. The summed E-state index contributed by atoms with van der Waals surface area (Å²) >= 11 is 2.60. The van der Waals surface area contributed by atoms with E-state index in [1.165, 1.54) is 29.6 Å². The largest absolute Gasteiger partial charge is 0.448 e. The predicted molar refractivity (Wildman–Crippen MR) is 114 cm³/mol. The Morgan fingerprint density at radius 1 is 1.07 bits per heavy atom. The van der Waals surface area contributed by atoms with Crippen LogP contribution in [0.1, 0.15) is 30.4 Å². The maximum Gasteiger partial charge on any atom is 0.349 e. The van der Waals surface area contributed by atoms with E-state index in [1.807, 2.05) is 30.3 Å². The standard InChI is InChI=1S/C19H20N4O4S2/c1-10(2)20-18(26)22-15(24)11(3)27-17(25)14-9-13-16(28-14)23-19(29-13)21-12-7-5-4-6-8-12/h4-11H,1-3H3,(H,21,23)(H2,20,22,24,26). The number of fused-ring (bicyclic) bond motifs is 1. The van der Waals surface area contributed by atoms with Crippen LogP contribution in [-0.4, -0.2) is 35.0 Å². The summed E-state index contributed by atoms with van der Waals surface area (Å²) in [5.41, 5.74) is 0.926. The molecule has 3 rings (SSSR count). The maximum absolute atomic E-state index is 12.3. The van der Waals surface area contributed by atoms with E-state index in [1.54, 1.807) is 19.9 Å². The third-order valence-corrected chi connectivity index (χ3v) is 5.68. The number of hydrogen-bond acceptors (Lipinski definition) is 8. The van der Waals surface area contributed by atoms with Gasteiger partial charge in [0.05, 0.1) is 4.70 Å². The van der Waals surface area contributed by atoms with E-state index in [4.69, 9.17) is 4.74 Å². The van der Waals surface area contributed by atoms with E-state index in [2.05, 4.69) is 20.9 Å². The number of urea groups is 1. The molecule has 0 aliphatic carbocycles. The molecule has 3 aromatic rings. The van der Waals surface area contributed by atoms with Crippen molar-refractivity contribution in [2.75, 3.05) is 5.32 Å². The van der Waals surface area contributed by atoms with Crippen LogP contribution in [0.4, 0.5) is 15.6 Å². The van der Waals surface area contributed by atoms with Gasteiger partial charge in [-0.25, -0.2) is 14.6 Å². The Balaban J connectivity index is 1.60. The molecule has 10 heteroatoms. The number of benzene rings is 1. The molecule has 0 aliphatic heterocycles. The average Bonchev–Trinajstić information content (AvgIpc) is 3.20. The van der Waals surface area contributed by atoms with Crippen LogP contribution in [0, 0.1) is 0 Å². The van der Waals surface area contributed by atoms with Crippen molar-refractivity contribution in [3.63, 3.8) is 0 Å². The van der Waals surface area contributed by atoms with Crippen LogP contribution in [0.25, 0.3) is 9.53 Å². The Kier molecular flexibility index (Phi) is 6.45. The number of hydrogen-bond donors (Lipinski definition) is 3. The third-order valence-electron chi connectivity index (χ3n) is 3.63. The summed E-state index contributed by atoms with van der Waals surface area (Å²) in [6, 6.07) is 10.6. The van der Waals surface area contributed by atoms with E-state index in [0.717, 1.165) is 15.5 Å². The molecule has 2 aromatic heterocycles. The van der Waals surface area contributed by atoms with Crippen molar-refractivity contribution >= 4 is 60.9 Å². The highest BCUT2D eigenvalue weighted by atomic mass is 32.1. The number of thiophene rings is 1. The second-order valence-corrected chi connectivity index (χ2v) is 8.52. The zero-order valence-corrected chi connectivity index (χ0v) is 17.6. The van der Waals surface area contributed by atoms with Crippen LogP contribution in [0.3, 0.4) is 0 Å². The lowest BCUT2D eigenvalue weighted by Crippen LogP contribution is -2.46. The fourth-order valence-corrected chi connectivity index (χ4v) is 4.34. The molecule has 0 radical (unpaired) electrons. The van der Waals surface area contributed by atoms with Gasteiger partial charge in [-0.1, -0.05) is 29.5 Å². The minimum Gasteiger partial charge on any atom is -0.448 e. The van der Waals surface area contributed by atoms with Crippen molar-refractivity contribution in [3.8, 4) is 0 Å². The fraction of sp³-hybridized carbons (Fsp3) is 0.263. The summed E-state index contributed by atoms with van der Waals surface area (Å²) in [5, 5.41) is 8.60. The molecule has 1 aromatic carbocycles. The van der Waals surface area contributed by atoms with E-state index in [-0.39, 0.29) is 6.04 Å². The number of carbonyl (C=O) groups excluding carboxylic acids is 3. The molecule has 1 unspecified atom stereocenters. The Morgan fingerprint density at radius 2 is 1.79 bits per heavy atom. The van der Waals surface area contributed by atoms with Crippen molar-refractivity contribution in [2.45, 2.75) is 32.9 Å². The second kappa shape index (κ2) is 9.01. The lowest BCUT2D eigenvalue weighted by atomic mass is 10.3. The number of para-hydroxylation sites is 1. The van der Waals surface area contributed by atoms with E-state index < -0.39 is 24.0 Å². The Labute approximate surface area is 175 Å². The summed E-state index contributed by atoms with van der Waals surface area (Å²) in [5.74, 6) is -1.33. The van der Waals surface area contributed by atoms with Crippen molar-refractivity contribution in [3.05, 3.63) is 41.3 Å². The first kappa shape index (κ1) is 20.7. The zero-order chi connectivity index (χ0) is 21.0. The van der Waals surface area contributed by atoms with Gasteiger partial charge in [0, 0.05) is 11.7 Å². The number of nitrogens with zero attached hydrogens (tertiary/aromatic N) is 1. The smallest absolute Gasteiger partial charge is 0.349 e. The van der Waals surface area contributed by atoms with E-state index in [0.29, 0.717) is 9.71 Å². The van der Waals surface area contributed by atoms with Crippen LogP contribution in [0.15, 0.2) is 36.4 Å². The van der Waals surface area contributed by atoms with Gasteiger partial charge in [0.15, 0.2) is 11.2 Å². The van der Waals surface area contributed by atoms with Gasteiger partial charge in [-0.15, -0.1) is 11.3 Å². The van der Waals surface area contributed by atoms with Crippen molar-refractivity contribution in [1.82, 2.24) is 15.6 Å². The summed E-state index contributed by atoms with van der Waals surface area (Å²) in [6.07, 6.45) is -1.11. The molecule has 0 saturated heterocycles. The first-order chi connectivity index (χ1) is 13.8. The minimum atomic E-state index is -1.11. The number of nitrogens with one attached hydrogen (secondary N) is 3. The van der Waals surface area contributed by atoms with Gasteiger partial charge in [-0.3, -0.25) is 10.1 Å². The average molecular weight is 433 g/mol. The second-order valence-electron chi connectivity index (χ2n) is 6.46. The van der Waals surface area contributed by atoms with Crippen LogP contribution < -0.4 is 16.0 Å². The highest BCUT2D eigenvalue weighted by Gasteiger charge is 2.23. The summed E-state index contributed by atoms with van der Waals surface area (Å²) in [4.78, 5) is 41.4. The molecule has 2 heterocycles. The van der Waals surface area contributed by atoms with Crippen LogP contribution in [-0.2, 0) is 9.53 Å². The molecular formula is C19H20N4O4S2. The van der Waals surface area contributed by atoms with Gasteiger partial charge in [0.1, 0.15) is 9.71 Å². The van der Waals surface area contributed by atoms with Gasteiger partial charge in [0.25, 0.3) is 5.91 Å². The number of carbonyl (C=O) groups is 3. The summed E-state index contributed by atoms with van der Waals surface area (Å²) in [6.45, 7) is 4.95. The van der Waals surface area contributed by atoms with Crippen LogP contribution in [0.5, 0.6) is 0 Å².